The van der Waals surface area contributed by atoms with Gasteiger partial charge in [-0.25, -0.2) is 14.5 Å². The van der Waals surface area contributed by atoms with Gasteiger partial charge in [0.05, 0.1) is 11.3 Å². The van der Waals surface area contributed by atoms with Gasteiger partial charge in [-0.1, -0.05) is 6.07 Å². The van der Waals surface area contributed by atoms with Gasteiger partial charge in [0.15, 0.2) is 0 Å². The van der Waals surface area contributed by atoms with Gasteiger partial charge < -0.3 is 5.11 Å². The molecule has 1 aromatic heterocycles. The van der Waals surface area contributed by atoms with Crippen LogP contribution in [0.15, 0.2) is 30.6 Å². The highest BCUT2D eigenvalue weighted by molar-refractivity contribution is 5.88. The van der Waals surface area contributed by atoms with Crippen LogP contribution in [0.4, 0.5) is 0 Å². The van der Waals surface area contributed by atoms with Crippen molar-refractivity contribution < 1.29 is 9.90 Å². The van der Waals surface area contributed by atoms with Gasteiger partial charge in [0.2, 0.25) is 0 Å². The second kappa shape index (κ2) is 3.53. The quantitative estimate of drug-likeness (QED) is 0.798. The summed E-state index contributed by atoms with van der Waals surface area (Å²) in [7, 11) is 0. The third-order valence-electron chi connectivity index (χ3n) is 1.96. The Morgan fingerprint density at radius 1 is 1.47 bits per heavy atom. The maximum Gasteiger partial charge on any atom is 0.335 e. The van der Waals surface area contributed by atoms with Crippen molar-refractivity contribution in [2.75, 3.05) is 0 Å². The molecule has 0 radical (unpaired) electrons. The molecule has 1 N–H and O–H groups in total. The van der Waals surface area contributed by atoms with E-state index in [-0.39, 0.29) is 5.56 Å². The van der Waals surface area contributed by atoms with Crippen LogP contribution in [-0.2, 0) is 0 Å². The van der Waals surface area contributed by atoms with Crippen LogP contribution in [0.2, 0.25) is 0 Å². The van der Waals surface area contributed by atoms with Crippen molar-refractivity contribution in [1.29, 1.82) is 0 Å². The Kier molecular flexibility index (Phi) is 2.21. The lowest BCUT2D eigenvalue weighted by molar-refractivity contribution is 0.0697. The zero-order valence-electron chi connectivity index (χ0n) is 8.08. The Hall–Kier alpha value is -2.17. The van der Waals surface area contributed by atoms with Crippen molar-refractivity contribution in [2.24, 2.45) is 0 Å². The molecule has 0 saturated carbocycles. The van der Waals surface area contributed by atoms with Crippen molar-refractivity contribution in [2.45, 2.75) is 6.92 Å². The zero-order chi connectivity index (χ0) is 10.8. The Morgan fingerprint density at radius 3 is 2.87 bits per heavy atom. The summed E-state index contributed by atoms with van der Waals surface area (Å²) in [5.41, 5.74) is 0.927. The molecule has 0 aliphatic heterocycles. The summed E-state index contributed by atoms with van der Waals surface area (Å²) in [5.74, 6) is -0.301. The number of nitrogens with zero attached hydrogens (tertiary/aromatic N) is 3. The molecular weight excluding hydrogens is 194 g/mol. The molecule has 0 atom stereocenters. The molecule has 0 aliphatic rings. The molecule has 15 heavy (non-hydrogen) atoms. The van der Waals surface area contributed by atoms with E-state index in [4.69, 9.17) is 5.11 Å². The van der Waals surface area contributed by atoms with Crippen LogP contribution in [0.1, 0.15) is 16.2 Å². The molecule has 1 aromatic carbocycles. The topological polar surface area (TPSA) is 68.0 Å². The number of carboxylic acids is 1. The molecule has 0 fully saturated rings. The second-order valence-electron chi connectivity index (χ2n) is 3.09. The molecule has 2 rings (SSSR count). The first-order chi connectivity index (χ1) is 7.16. The number of aromatic nitrogens is 3. The average Bonchev–Trinajstić information content (AvgIpc) is 2.65. The van der Waals surface area contributed by atoms with E-state index < -0.39 is 5.97 Å². The first kappa shape index (κ1) is 9.39. The summed E-state index contributed by atoms with van der Waals surface area (Å²) in [4.78, 5) is 14.7. The van der Waals surface area contributed by atoms with E-state index in [1.807, 2.05) is 0 Å². The molecule has 0 aliphatic carbocycles. The van der Waals surface area contributed by atoms with Crippen LogP contribution >= 0.6 is 0 Å². The highest BCUT2D eigenvalue weighted by atomic mass is 16.4. The molecule has 2 aromatic rings. The maximum atomic E-state index is 10.7. The number of carboxylic acid groups (broad SMARTS) is 1. The minimum absolute atomic E-state index is 0.237. The van der Waals surface area contributed by atoms with Gasteiger partial charge in [0.25, 0.3) is 0 Å². The summed E-state index contributed by atoms with van der Waals surface area (Å²) < 4.78 is 1.54. The predicted octanol–water partition coefficient (Wildman–Crippen LogP) is 1.27. The fraction of sp³-hybridized carbons (Fsp3) is 0.100. The van der Waals surface area contributed by atoms with Crippen molar-refractivity contribution in [3.63, 3.8) is 0 Å². The molecule has 1 heterocycles. The summed E-state index contributed by atoms with van der Waals surface area (Å²) in [6.07, 6.45) is 1.55. The van der Waals surface area contributed by atoms with Crippen LogP contribution in [0.5, 0.6) is 0 Å². The molecular formula is C10H9N3O2. The van der Waals surface area contributed by atoms with E-state index in [2.05, 4.69) is 10.1 Å². The molecule has 0 amide bonds. The monoisotopic (exact) mass is 203 g/mol. The Morgan fingerprint density at radius 2 is 2.27 bits per heavy atom. The zero-order valence-corrected chi connectivity index (χ0v) is 8.08. The van der Waals surface area contributed by atoms with E-state index in [1.165, 1.54) is 6.07 Å². The van der Waals surface area contributed by atoms with E-state index in [0.717, 1.165) is 0 Å². The average molecular weight is 203 g/mol. The minimum Gasteiger partial charge on any atom is -0.478 e. The Bertz CT molecular complexity index is 505. The number of aromatic carboxylic acids is 1. The fourth-order valence-electron chi connectivity index (χ4n) is 1.25. The van der Waals surface area contributed by atoms with Crippen LogP contribution < -0.4 is 0 Å². The molecule has 0 unspecified atom stereocenters. The summed E-state index contributed by atoms with van der Waals surface area (Å²) in [5, 5.41) is 12.9. The standard InChI is InChI=1S/C10H9N3O2/c1-7-11-6-13(12-7)9-4-2-3-8(5-9)10(14)15/h2-6H,1H3,(H,14,15). The van der Waals surface area contributed by atoms with Crippen LogP contribution in [-0.4, -0.2) is 25.8 Å². The lowest BCUT2D eigenvalue weighted by atomic mass is 10.2. The largest absolute Gasteiger partial charge is 0.478 e. The van der Waals surface area contributed by atoms with Crippen LogP contribution in [0, 0.1) is 6.92 Å². The highest BCUT2D eigenvalue weighted by Gasteiger charge is 2.05. The van der Waals surface area contributed by atoms with Gasteiger partial charge in [-0.3, -0.25) is 0 Å². The van der Waals surface area contributed by atoms with Gasteiger partial charge in [-0.15, -0.1) is 0 Å². The lowest BCUT2D eigenvalue weighted by Crippen LogP contribution is -2.00. The third kappa shape index (κ3) is 1.85. The van der Waals surface area contributed by atoms with Gasteiger partial charge in [-0.2, -0.15) is 5.10 Å². The molecule has 0 bridgehead atoms. The van der Waals surface area contributed by atoms with Gasteiger partial charge in [0.1, 0.15) is 12.2 Å². The van der Waals surface area contributed by atoms with Crippen molar-refractivity contribution in [3.05, 3.63) is 42.0 Å². The van der Waals surface area contributed by atoms with Gasteiger partial charge in [-0.05, 0) is 25.1 Å². The number of hydrogen-bond donors (Lipinski definition) is 1. The van der Waals surface area contributed by atoms with Crippen molar-refractivity contribution >= 4 is 5.97 Å². The summed E-state index contributed by atoms with van der Waals surface area (Å²) in [6.45, 7) is 1.78. The first-order valence-electron chi connectivity index (χ1n) is 4.39. The van der Waals surface area contributed by atoms with Crippen LogP contribution in [0.25, 0.3) is 5.69 Å². The molecule has 5 nitrogen and oxygen atoms in total. The van der Waals surface area contributed by atoms with Crippen LogP contribution in [0.3, 0.4) is 0 Å². The Balaban J connectivity index is 2.45. The van der Waals surface area contributed by atoms with E-state index in [9.17, 15) is 4.79 Å². The number of aryl methyl sites for hydroxylation is 1. The second-order valence-corrected chi connectivity index (χ2v) is 3.09. The van der Waals surface area contributed by atoms with Gasteiger partial charge in [0, 0.05) is 0 Å². The van der Waals surface area contributed by atoms with Crippen molar-refractivity contribution in [3.8, 4) is 5.69 Å². The molecule has 0 spiro atoms. The maximum absolute atomic E-state index is 10.7. The van der Waals surface area contributed by atoms with E-state index in [0.29, 0.717) is 11.5 Å². The molecule has 5 heteroatoms. The number of benzene rings is 1. The Labute approximate surface area is 86.0 Å². The van der Waals surface area contributed by atoms with Gasteiger partial charge >= 0.3 is 5.97 Å². The minimum atomic E-state index is -0.950. The SMILES string of the molecule is Cc1ncn(-c2cccc(C(=O)O)c2)n1. The predicted molar refractivity (Wildman–Crippen MR) is 53.1 cm³/mol. The van der Waals surface area contributed by atoms with Crippen molar-refractivity contribution in [1.82, 2.24) is 14.8 Å². The number of hydrogen-bond acceptors (Lipinski definition) is 3. The highest BCUT2D eigenvalue weighted by Crippen LogP contribution is 2.09. The third-order valence-corrected chi connectivity index (χ3v) is 1.96. The normalized spacial score (nSPS) is 10.2. The summed E-state index contributed by atoms with van der Waals surface area (Å²) in [6, 6.07) is 6.54. The van der Waals surface area contributed by atoms with E-state index >= 15 is 0 Å². The summed E-state index contributed by atoms with van der Waals surface area (Å²) >= 11 is 0. The molecule has 0 saturated heterocycles. The number of rotatable bonds is 2. The first-order valence-corrected chi connectivity index (χ1v) is 4.39. The fourth-order valence-corrected chi connectivity index (χ4v) is 1.25. The number of carbonyl (C=O) groups is 1. The van der Waals surface area contributed by atoms with E-state index in [1.54, 1.807) is 36.1 Å². The smallest absolute Gasteiger partial charge is 0.335 e. The molecule has 76 valence electrons. The lowest BCUT2D eigenvalue weighted by Gasteiger charge is -2.00.